The number of carbonyl (C=O) groups is 4. The van der Waals surface area contributed by atoms with Crippen molar-refractivity contribution >= 4 is 41.0 Å². The number of rotatable bonds is 7. The lowest BCUT2D eigenvalue weighted by atomic mass is 9.92. The van der Waals surface area contributed by atoms with E-state index in [1.54, 1.807) is 0 Å². The third kappa shape index (κ3) is 4.29. The minimum absolute atomic E-state index is 0.152. The second-order valence-corrected chi connectivity index (χ2v) is 8.28. The zero-order valence-corrected chi connectivity index (χ0v) is 18.7. The van der Waals surface area contributed by atoms with E-state index in [0.717, 1.165) is 16.0 Å². The number of hydrogen-bond acceptors (Lipinski definition) is 5. The summed E-state index contributed by atoms with van der Waals surface area (Å²) < 4.78 is 4.89. The number of methoxy groups -OCH3 is 1. The van der Waals surface area contributed by atoms with Crippen molar-refractivity contribution in [1.82, 2.24) is 15.5 Å². The van der Waals surface area contributed by atoms with E-state index < -0.39 is 29.9 Å². The van der Waals surface area contributed by atoms with Gasteiger partial charge in [0, 0.05) is 19.3 Å². The Morgan fingerprint density at radius 1 is 1.21 bits per heavy atom. The summed E-state index contributed by atoms with van der Waals surface area (Å²) in [6.45, 7) is 0.265. The Kier molecular flexibility index (Phi) is 6.35. The predicted octanol–water partition coefficient (Wildman–Crippen LogP) is 2.05. The highest BCUT2D eigenvalue weighted by atomic mass is 35.5. The number of benzene rings is 2. The van der Waals surface area contributed by atoms with Gasteiger partial charge >= 0.3 is 6.03 Å². The number of aryl methyl sites for hydroxylation is 1. The van der Waals surface area contributed by atoms with Gasteiger partial charge in [-0.05, 0) is 42.2 Å². The Labute approximate surface area is 195 Å². The van der Waals surface area contributed by atoms with Crippen LogP contribution in [0.1, 0.15) is 27.9 Å². The summed E-state index contributed by atoms with van der Waals surface area (Å²) in [5.74, 6) is -1.36. The largest absolute Gasteiger partial charge is 0.383 e. The van der Waals surface area contributed by atoms with Crippen molar-refractivity contribution in [2.75, 3.05) is 32.1 Å². The summed E-state index contributed by atoms with van der Waals surface area (Å²) in [6.07, 6.45) is 1.13. The number of carbonyl (C=O) groups excluding carboxylic acids is 4. The van der Waals surface area contributed by atoms with Crippen molar-refractivity contribution in [3.05, 3.63) is 64.2 Å². The van der Waals surface area contributed by atoms with Gasteiger partial charge in [-0.15, -0.1) is 0 Å². The molecule has 172 valence electrons. The molecule has 3 N–H and O–H groups in total. The van der Waals surface area contributed by atoms with Crippen LogP contribution in [0.5, 0.6) is 0 Å². The molecule has 0 saturated carbocycles. The molecule has 4 rings (SSSR count). The number of urea groups is 1. The topological polar surface area (TPSA) is 117 Å². The zero-order valence-electron chi connectivity index (χ0n) is 17.9. The van der Waals surface area contributed by atoms with Crippen molar-refractivity contribution in [2.45, 2.75) is 18.4 Å². The number of nitrogens with one attached hydrogen (secondary N) is 3. The van der Waals surface area contributed by atoms with Gasteiger partial charge in [0.2, 0.25) is 5.91 Å². The number of fused-ring (bicyclic) bond motifs is 2. The molecule has 5 amide bonds. The van der Waals surface area contributed by atoms with Crippen LogP contribution < -0.4 is 16.0 Å². The number of imide groups is 1. The molecular weight excluding hydrogens is 448 g/mol. The van der Waals surface area contributed by atoms with E-state index in [2.05, 4.69) is 16.0 Å². The molecule has 1 saturated heterocycles. The fourth-order valence-corrected chi connectivity index (χ4v) is 4.48. The Balaban J connectivity index is 1.41. The van der Waals surface area contributed by atoms with Crippen LogP contribution in [-0.2, 0) is 26.3 Å². The lowest BCUT2D eigenvalue weighted by Gasteiger charge is -2.22. The molecule has 1 fully saturated rings. The van der Waals surface area contributed by atoms with E-state index in [0.29, 0.717) is 31.7 Å². The van der Waals surface area contributed by atoms with Gasteiger partial charge < -0.3 is 20.7 Å². The monoisotopic (exact) mass is 470 g/mol. The molecule has 33 heavy (non-hydrogen) atoms. The van der Waals surface area contributed by atoms with E-state index in [1.807, 2.05) is 24.3 Å². The van der Waals surface area contributed by atoms with Gasteiger partial charge in [-0.3, -0.25) is 19.3 Å². The quantitative estimate of drug-likeness (QED) is 0.423. The minimum atomic E-state index is -1.12. The summed E-state index contributed by atoms with van der Waals surface area (Å²) >= 11 is 6.19. The number of ether oxygens (including phenoxy) is 1. The van der Waals surface area contributed by atoms with E-state index >= 15 is 0 Å². The van der Waals surface area contributed by atoms with Crippen LogP contribution in [0.25, 0.3) is 0 Å². The maximum Gasteiger partial charge on any atom is 0.325 e. The summed E-state index contributed by atoms with van der Waals surface area (Å²) in [4.78, 5) is 51.4. The van der Waals surface area contributed by atoms with Gasteiger partial charge in [0.05, 0.1) is 17.2 Å². The number of hydrogen-bond donors (Lipinski definition) is 3. The molecule has 1 unspecified atom stereocenters. The zero-order chi connectivity index (χ0) is 23.6. The lowest BCUT2D eigenvalue weighted by Crippen LogP contribution is -2.43. The molecule has 10 heteroatoms. The van der Waals surface area contributed by atoms with Crippen LogP contribution in [0.3, 0.4) is 0 Å². The maximum absolute atomic E-state index is 13.2. The molecule has 2 aliphatic rings. The molecule has 1 aliphatic heterocycles. The standard InChI is InChI=1S/C23H23ClN4O5/c1-33-11-10-25-20(30)16-7-6-15(12-18(16)24)26-19(29)13-28-21(31)23(27-22(28)32)9-8-14-4-2-3-5-17(14)23/h2-7,12H,8-11,13H2,1H3,(H,25,30)(H,26,29)(H,27,32). The molecule has 1 atom stereocenters. The van der Waals surface area contributed by atoms with Crippen LogP contribution in [0, 0.1) is 0 Å². The smallest absolute Gasteiger partial charge is 0.325 e. The average Bonchev–Trinajstić information content (AvgIpc) is 3.27. The van der Waals surface area contributed by atoms with Gasteiger partial charge in [0.15, 0.2) is 0 Å². The molecule has 2 aromatic rings. The molecular formula is C23H23ClN4O5. The van der Waals surface area contributed by atoms with E-state index in [9.17, 15) is 19.2 Å². The third-order valence-electron chi connectivity index (χ3n) is 5.81. The van der Waals surface area contributed by atoms with Crippen molar-refractivity contribution in [3.8, 4) is 0 Å². The van der Waals surface area contributed by atoms with Crippen LogP contribution >= 0.6 is 11.6 Å². The third-order valence-corrected chi connectivity index (χ3v) is 6.13. The van der Waals surface area contributed by atoms with Crippen LogP contribution in [0.4, 0.5) is 10.5 Å². The highest BCUT2D eigenvalue weighted by Gasteiger charge is 2.55. The number of halogens is 1. The Bertz CT molecular complexity index is 1140. The fraction of sp³-hybridized carbons (Fsp3) is 0.304. The second-order valence-electron chi connectivity index (χ2n) is 7.88. The highest BCUT2D eigenvalue weighted by molar-refractivity contribution is 6.34. The van der Waals surface area contributed by atoms with Gasteiger partial charge in [0.25, 0.3) is 11.8 Å². The van der Waals surface area contributed by atoms with Gasteiger partial charge in [-0.1, -0.05) is 35.9 Å². The summed E-state index contributed by atoms with van der Waals surface area (Å²) in [5.41, 5.74) is 1.26. The first-order valence-corrected chi connectivity index (χ1v) is 10.8. The molecule has 1 spiro atoms. The fourth-order valence-electron chi connectivity index (χ4n) is 4.22. The van der Waals surface area contributed by atoms with Gasteiger partial charge in [0.1, 0.15) is 12.1 Å². The van der Waals surface area contributed by atoms with E-state index in [1.165, 1.54) is 25.3 Å². The Hall–Kier alpha value is -3.43. The molecule has 0 aromatic heterocycles. The Morgan fingerprint density at radius 2 is 2.00 bits per heavy atom. The molecule has 1 aliphatic carbocycles. The van der Waals surface area contributed by atoms with E-state index in [4.69, 9.17) is 16.3 Å². The van der Waals surface area contributed by atoms with E-state index in [-0.39, 0.29) is 16.5 Å². The molecule has 9 nitrogen and oxygen atoms in total. The molecule has 0 radical (unpaired) electrons. The van der Waals surface area contributed by atoms with Crippen LogP contribution in [0.15, 0.2) is 42.5 Å². The summed E-state index contributed by atoms with van der Waals surface area (Å²) in [5, 5.41) is 8.22. The number of amides is 5. The average molecular weight is 471 g/mol. The second kappa shape index (κ2) is 9.21. The van der Waals surface area contributed by atoms with Gasteiger partial charge in [-0.25, -0.2) is 4.79 Å². The van der Waals surface area contributed by atoms with Crippen molar-refractivity contribution in [2.24, 2.45) is 0 Å². The first-order chi connectivity index (χ1) is 15.9. The van der Waals surface area contributed by atoms with Crippen molar-refractivity contribution < 1.29 is 23.9 Å². The number of nitrogens with zero attached hydrogens (tertiary/aromatic N) is 1. The van der Waals surface area contributed by atoms with Gasteiger partial charge in [-0.2, -0.15) is 0 Å². The highest BCUT2D eigenvalue weighted by Crippen LogP contribution is 2.41. The number of anilines is 1. The summed E-state index contributed by atoms with van der Waals surface area (Å²) in [6, 6.07) is 11.3. The molecule has 2 aromatic carbocycles. The first-order valence-electron chi connectivity index (χ1n) is 10.4. The normalized spacial score (nSPS) is 18.9. The Morgan fingerprint density at radius 3 is 2.76 bits per heavy atom. The predicted molar refractivity (Wildman–Crippen MR) is 121 cm³/mol. The summed E-state index contributed by atoms with van der Waals surface area (Å²) in [7, 11) is 1.53. The maximum atomic E-state index is 13.2. The van der Waals surface area contributed by atoms with Crippen LogP contribution in [0.2, 0.25) is 5.02 Å². The molecule has 0 bridgehead atoms. The van der Waals surface area contributed by atoms with Crippen LogP contribution in [-0.4, -0.2) is 55.5 Å². The minimum Gasteiger partial charge on any atom is -0.383 e. The van der Waals surface area contributed by atoms with Crippen molar-refractivity contribution in [1.29, 1.82) is 0 Å². The molecule has 1 heterocycles. The first kappa shape index (κ1) is 22.8. The SMILES string of the molecule is COCCNC(=O)c1ccc(NC(=O)CN2C(=O)NC3(CCc4ccccc43)C2=O)cc1Cl. The van der Waals surface area contributed by atoms with Crippen molar-refractivity contribution in [3.63, 3.8) is 0 Å². The lowest BCUT2D eigenvalue weighted by molar-refractivity contribution is -0.134.